The fourth-order valence-electron chi connectivity index (χ4n) is 1.27. The summed E-state index contributed by atoms with van der Waals surface area (Å²) < 4.78 is 21.7. The molecule has 8 heteroatoms. The molecule has 0 aromatic carbocycles. The molecule has 0 fully saturated rings. The molecule has 1 atom stereocenters. The van der Waals surface area contributed by atoms with Crippen LogP contribution in [0.1, 0.15) is 19.8 Å². The normalized spacial score (nSPS) is 14.4. The van der Waals surface area contributed by atoms with Crippen LogP contribution in [0.3, 0.4) is 0 Å². The van der Waals surface area contributed by atoms with Crippen molar-refractivity contribution in [1.29, 1.82) is 0 Å². The number of hydrogen-bond donors (Lipinski definition) is 3. The topological polar surface area (TPSA) is 122 Å². The van der Waals surface area contributed by atoms with Crippen molar-refractivity contribution in [2.24, 2.45) is 16.8 Å². The second kappa shape index (κ2) is 7.10. The first-order valence-corrected chi connectivity index (χ1v) is 7.30. The highest BCUT2D eigenvalue weighted by Crippen LogP contribution is 2.02. The number of amides is 1. The molecule has 0 heterocycles. The lowest BCUT2D eigenvalue weighted by Gasteiger charge is -2.13. The van der Waals surface area contributed by atoms with Crippen molar-refractivity contribution in [3.8, 4) is 0 Å². The molecule has 4 N–H and O–H groups in total. The van der Waals surface area contributed by atoms with E-state index < -0.39 is 15.8 Å². The molecule has 0 aliphatic carbocycles. The van der Waals surface area contributed by atoms with E-state index in [4.69, 9.17) is 10.9 Å². The fourth-order valence-corrected chi connectivity index (χ4v) is 1.94. The van der Waals surface area contributed by atoms with Crippen LogP contribution >= 0.6 is 0 Å². The van der Waals surface area contributed by atoms with Gasteiger partial charge in [0.15, 0.2) is 5.84 Å². The Bertz CT molecular complexity index is 378. The van der Waals surface area contributed by atoms with Gasteiger partial charge in [0.05, 0.1) is 11.7 Å². The molecule has 7 nitrogen and oxygen atoms in total. The Morgan fingerprint density at radius 3 is 2.53 bits per heavy atom. The molecule has 17 heavy (non-hydrogen) atoms. The quantitative estimate of drug-likeness (QED) is 0.185. The Labute approximate surface area is 101 Å². The van der Waals surface area contributed by atoms with E-state index in [1.807, 2.05) is 0 Å². The van der Waals surface area contributed by atoms with Crippen LogP contribution in [0, 0.1) is 5.92 Å². The molecule has 0 aromatic heterocycles. The molecular formula is C9H19N3O4S. The van der Waals surface area contributed by atoms with Gasteiger partial charge in [0.25, 0.3) is 0 Å². The summed E-state index contributed by atoms with van der Waals surface area (Å²) in [6.07, 6.45) is 1.89. The number of carbonyl (C=O) groups is 1. The minimum Gasteiger partial charge on any atom is -0.409 e. The number of oxime groups is 1. The summed E-state index contributed by atoms with van der Waals surface area (Å²) in [6.45, 7) is 1.99. The molecule has 0 radical (unpaired) electrons. The SMILES string of the molecule is CCC(C(=O)NCCCS(C)(=O)=O)C(N)=NO. The maximum Gasteiger partial charge on any atom is 0.230 e. The molecule has 0 bridgehead atoms. The third-order valence-electron chi connectivity index (χ3n) is 2.19. The average molecular weight is 265 g/mol. The predicted octanol–water partition coefficient (Wildman–Crippen LogP) is -0.690. The molecule has 1 unspecified atom stereocenters. The molecular weight excluding hydrogens is 246 g/mol. The molecule has 0 aromatic rings. The van der Waals surface area contributed by atoms with Crippen LogP contribution < -0.4 is 11.1 Å². The van der Waals surface area contributed by atoms with Crippen LogP contribution in [0.2, 0.25) is 0 Å². The van der Waals surface area contributed by atoms with Gasteiger partial charge >= 0.3 is 0 Å². The number of rotatable bonds is 7. The number of nitrogens with zero attached hydrogens (tertiary/aromatic N) is 1. The summed E-state index contributed by atoms with van der Waals surface area (Å²) in [5, 5.41) is 13.8. The molecule has 1 amide bonds. The first kappa shape index (κ1) is 15.7. The van der Waals surface area contributed by atoms with Gasteiger partial charge in [-0.25, -0.2) is 8.42 Å². The Morgan fingerprint density at radius 2 is 2.12 bits per heavy atom. The van der Waals surface area contributed by atoms with E-state index in [9.17, 15) is 13.2 Å². The van der Waals surface area contributed by atoms with Crippen LogP contribution in [0.15, 0.2) is 5.16 Å². The van der Waals surface area contributed by atoms with E-state index in [1.165, 1.54) is 0 Å². The number of hydrogen-bond acceptors (Lipinski definition) is 5. The van der Waals surface area contributed by atoms with Gasteiger partial charge in [-0.3, -0.25) is 4.79 Å². The minimum atomic E-state index is -3.01. The smallest absolute Gasteiger partial charge is 0.230 e. The third kappa shape index (κ3) is 6.77. The number of nitrogens with one attached hydrogen (secondary N) is 1. The van der Waals surface area contributed by atoms with Gasteiger partial charge in [0.1, 0.15) is 9.84 Å². The zero-order chi connectivity index (χ0) is 13.5. The van der Waals surface area contributed by atoms with E-state index in [0.717, 1.165) is 6.26 Å². The van der Waals surface area contributed by atoms with Gasteiger partial charge in [-0.2, -0.15) is 0 Å². The number of amidine groups is 1. The van der Waals surface area contributed by atoms with Crippen molar-refractivity contribution < 1.29 is 18.4 Å². The monoisotopic (exact) mass is 265 g/mol. The van der Waals surface area contributed by atoms with Crippen LogP contribution in [0.5, 0.6) is 0 Å². The van der Waals surface area contributed by atoms with E-state index in [2.05, 4.69) is 10.5 Å². The molecule has 0 saturated heterocycles. The lowest BCUT2D eigenvalue weighted by Crippen LogP contribution is -2.39. The maximum atomic E-state index is 11.6. The summed E-state index contributed by atoms with van der Waals surface area (Å²) in [5.41, 5.74) is 5.35. The van der Waals surface area contributed by atoms with Gasteiger partial charge in [0, 0.05) is 12.8 Å². The Kier molecular flexibility index (Phi) is 6.55. The standard InChI is InChI=1S/C9H19N3O4S/c1-3-7(8(10)12-14)9(13)11-5-4-6-17(2,15)16/h7,14H,3-6H2,1-2H3,(H2,10,12)(H,11,13). The molecule has 0 spiro atoms. The van der Waals surface area contributed by atoms with Crippen LogP contribution in [-0.4, -0.2) is 43.9 Å². The minimum absolute atomic E-state index is 0.0215. The van der Waals surface area contributed by atoms with Crippen LogP contribution in [0.4, 0.5) is 0 Å². The average Bonchev–Trinajstić information content (AvgIpc) is 2.23. The third-order valence-corrected chi connectivity index (χ3v) is 3.22. The highest BCUT2D eigenvalue weighted by Gasteiger charge is 2.20. The van der Waals surface area contributed by atoms with Crippen molar-refractivity contribution in [1.82, 2.24) is 5.32 Å². The Morgan fingerprint density at radius 1 is 1.53 bits per heavy atom. The summed E-state index contributed by atoms with van der Waals surface area (Å²) in [4.78, 5) is 11.6. The zero-order valence-corrected chi connectivity index (χ0v) is 10.8. The van der Waals surface area contributed by atoms with Crippen molar-refractivity contribution in [3.05, 3.63) is 0 Å². The van der Waals surface area contributed by atoms with E-state index in [1.54, 1.807) is 6.92 Å². The van der Waals surface area contributed by atoms with Crippen molar-refractivity contribution in [2.75, 3.05) is 18.6 Å². The first-order chi connectivity index (χ1) is 7.81. The number of carbonyl (C=O) groups excluding carboxylic acids is 1. The first-order valence-electron chi connectivity index (χ1n) is 5.24. The van der Waals surface area contributed by atoms with Crippen LogP contribution in [-0.2, 0) is 14.6 Å². The van der Waals surface area contributed by atoms with E-state index in [-0.39, 0.29) is 24.0 Å². The van der Waals surface area contributed by atoms with Crippen molar-refractivity contribution in [3.63, 3.8) is 0 Å². The maximum absolute atomic E-state index is 11.6. The lowest BCUT2D eigenvalue weighted by molar-refractivity contribution is -0.123. The highest BCUT2D eigenvalue weighted by atomic mass is 32.2. The zero-order valence-electron chi connectivity index (χ0n) is 10.0. The van der Waals surface area contributed by atoms with E-state index in [0.29, 0.717) is 12.8 Å². The summed E-state index contributed by atoms with van der Waals surface area (Å²) >= 11 is 0. The van der Waals surface area contributed by atoms with Gasteiger partial charge in [-0.15, -0.1) is 0 Å². The van der Waals surface area contributed by atoms with Gasteiger partial charge in [-0.1, -0.05) is 12.1 Å². The van der Waals surface area contributed by atoms with Crippen LogP contribution in [0.25, 0.3) is 0 Å². The number of sulfone groups is 1. The molecule has 100 valence electrons. The lowest BCUT2D eigenvalue weighted by atomic mass is 10.0. The van der Waals surface area contributed by atoms with E-state index >= 15 is 0 Å². The largest absolute Gasteiger partial charge is 0.409 e. The van der Waals surface area contributed by atoms with Gasteiger partial charge in [0.2, 0.25) is 5.91 Å². The molecule has 0 aliphatic rings. The number of nitrogens with two attached hydrogens (primary N) is 1. The fraction of sp³-hybridized carbons (Fsp3) is 0.778. The molecule has 0 aliphatic heterocycles. The second-order valence-corrected chi connectivity index (χ2v) is 6.02. The summed E-state index contributed by atoms with van der Waals surface area (Å²) in [5.74, 6) is -1.17. The van der Waals surface area contributed by atoms with Crippen molar-refractivity contribution in [2.45, 2.75) is 19.8 Å². The van der Waals surface area contributed by atoms with Gasteiger partial charge < -0.3 is 16.3 Å². The van der Waals surface area contributed by atoms with Gasteiger partial charge in [-0.05, 0) is 12.8 Å². The van der Waals surface area contributed by atoms with Crippen molar-refractivity contribution >= 4 is 21.6 Å². The molecule has 0 rings (SSSR count). The Balaban J connectivity index is 4.09. The highest BCUT2D eigenvalue weighted by molar-refractivity contribution is 7.90. The summed E-state index contributed by atoms with van der Waals surface area (Å²) in [6, 6.07) is 0. The predicted molar refractivity (Wildman–Crippen MR) is 64.5 cm³/mol. The molecule has 0 saturated carbocycles. The second-order valence-electron chi connectivity index (χ2n) is 3.76. The summed E-state index contributed by atoms with van der Waals surface area (Å²) in [7, 11) is -3.01. The Hall–Kier alpha value is -1.31.